The maximum atomic E-state index is 13.1. The molecule has 3 rings (SSSR count). The van der Waals surface area contributed by atoms with Gasteiger partial charge in [-0.15, -0.1) is 0 Å². The highest BCUT2D eigenvalue weighted by molar-refractivity contribution is 6.01. The molecule has 0 aliphatic carbocycles. The standard InChI is InChI=1S/C30H37N3O6/c1-7-37-18-19-38-24-15-12-22(13-16-24)28(35)31-33(21(2)3)27(34)17-14-23-20-32(29(36)39-30(4,5)6)26-11-9-8-10-25(23)26/h8-17,20-21H,7,18-19H2,1-6H3,(H,31,35)/b17-14+. The second-order valence-corrected chi connectivity index (χ2v) is 10.1. The highest BCUT2D eigenvalue weighted by Crippen LogP contribution is 2.24. The second kappa shape index (κ2) is 13.1. The molecule has 0 aliphatic rings. The molecule has 0 saturated carbocycles. The lowest BCUT2D eigenvalue weighted by molar-refractivity contribution is -0.130. The molecule has 39 heavy (non-hydrogen) atoms. The van der Waals surface area contributed by atoms with Crippen LogP contribution in [0.15, 0.2) is 60.8 Å². The zero-order chi connectivity index (χ0) is 28.6. The Morgan fingerprint density at radius 3 is 2.36 bits per heavy atom. The fourth-order valence-corrected chi connectivity index (χ4v) is 3.72. The zero-order valence-electron chi connectivity index (χ0n) is 23.4. The fraction of sp³-hybridized carbons (Fsp3) is 0.367. The second-order valence-electron chi connectivity index (χ2n) is 10.1. The lowest BCUT2D eigenvalue weighted by Gasteiger charge is -2.26. The first-order valence-electron chi connectivity index (χ1n) is 13.0. The Hall–Kier alpha value is -4.11. The molecule has 0 atom stereocenters. The van der Waals surface area contributed by atoms with E-state index in [1.807, 2.05) is 31.2 Å². The number of rotatable bonds is 9. The van der Waals surface area contributed by atoms with E-state index in [1.54, 1.807) is 71.2 Å². The third-order valence-electron chi connectivity index (χ3n) is 5.53. The molecular formula is C30H37N3O6. The Morgan fingerprint density at radius 2 is 1.72 bits per heavy atom. The van der Waals surface area contributed by atoms with Crippen LogP contribution in [0.2, 0.25) is 0 Å². The molecule has 0 spiro atoms. The van der Waals surface area contributed by atoms with Crippen molar-refractivity contribution in [3.05, 3.63) is 71.9 Å². The summed E-state index contributed by atoms with van der Waals surface area (Å²) in [5.41, 5.74) is 3.75. The molecule has 9 nitrogen and oxygen atoms in total. The van der Waals surface area contributed by atoms with E-state index < -0.39 is 23.5 Å². The van der Waals surface area contributed by atoms with Crippen molar-refractivity contribution in [3.63, 3.8) is 0 Å². The first kappa shape index (κ1) is 29.4. The lowest BCUT2D eigenvalue weighted by atomic mass is 10.1. The molecule has 0 fully saturated rings. The van der Waals surface area contributed by atoms with Crippen LogP contribution in [0.1, 0.15) is 57.5 Å². The van der Waals surface area contributed by atoms with Crippen LogP contribution in [0.5, 0.6) is 5.75 Å². The summed E-state index contributed by atoms with van der Waals surface area (Å²) in [4.78, 5) is 38.7. The first-order valence-corrected chi connectivity index (χ1v) is 13.0. The average Bonchev–Trinajstić information content (AvgIpc) is 3.26. The number of carbonyl (C=O) groups excluding carboxylic acids is 3. The van der Waals surface area contributed by atoms with Gasteiger partial charge in [0.25, 0.3) is 11.8 Å². The normalized spacial score (nSPS) is 11.7. The quantitative estimate of drug-likeness (QED) is 0.223. The minimum atomic E-state index is -0.651. The molecule has 9 heteroatoms. The average molecular weight is 536 g/mol. The fourth-order valence-electron chi connectivity index (χ4n) is 3.72. The smallest absolute Gasteiger partial charge is 0.419 e. The van der Waals surface area contributed by atoms with Crippen LogP contribution in [0, 0.1) is 0 Å². The van der Waals surface area contributed by atoms with Crippen molar-refractivity contribution < 1.29 is 28.6 Å². The summed E-state index contributed by atoms with van der Waals surface area (Å²) >= 11 is 0. The molecule has 1 N–H and O–H groups in total. The van der Waals surface area contributed by atoms with E-state index in [9.17, 15) is 14.4 Å². The summed E-state index contributed by atoms with van der Waals surface area (Å²) in [6.45, 7) is 12.4. The van der Waals surface area contributed by atoms with E-state index in [2.05, 4.69) is 5.43 Å². The maximum absolute atomic E-state index is 13.1. The van der Waals surface area contributed by atoms with E-state index in [0.29, 0.717) is 42.2 Å². The van der Waals surface area contributed by atoms with Gasteiger partial charge in [0.05, 0.1) is 12.1 Å². The van der Waals surface area contributed by atoms with E-state index in [0.717, 1.165) is 5.39 Å². The Labute approximate surface area is 229 Å². The Balaban J connectivity index is 1.73. The number of nitrogens with one attached hydrogen (secondary N) is 1. The van der Waals surface area contributed by atoms with Crippen LogP contribution in [0.3, 0.4) is 0 Å². The van der Waals surface area contributed by atoms with Crippen LogP contribution < -0.4 is 10.2 Å². The lowest BCUT2D eigenvalue weighted by Crippen LogP contribution is -2.49. The van der Waals surface area contributed by atoms with Crippen molar-refractivity contribution >= 4 is 34.9 Å². The maximum Gasteiger partial charge on any atom is 0.419 e. The number of hydrogen-bond donors (Lipinski definition) is 1. The van der Waals surface area contributed by atoms with Crippen LogP contribution in [0.4, 0.5) is 4.79 Å². The molecule has 0 radical (unpaired) electrons. The van der Waals surface area contributed by atoms with Gasteiger partial charge >= 0.3 is 6.09 Å². The molecule has 208 valence electrons. The number of aromatic nitrogens is 1. The Morgan fingerprint density at radius 1 is 1.03 bits per heavy atom. The summed E-state index contributed by atoms with van der Waals surface area (Å²) in [5, 5.41) is 2.05. The number of fused-ring (bicyclic) bond motifs is 1. The molecule has 0 aliphatic heterocycles. The predicted molar refractivity (Wildman–Crippen MR) is 150 cm³/mol. The number of carbonyl (C=O) groups is 3. The van der Waals surface area contributed by atoms with Gasteiger partial charge in [-0.05, 0) is 78.0 Å². The summed E-state index contributed by atoms with van der Waals surface area (Å²) in [6, 6.07) is 13.7. The Kier molecular flexibility index (Phi) is 9.89. The number of hydrogen-bond acceptors (Lipinski definition) is 6. The van der Waals surface area contributed by atoms with E-state index in [1.165, 1.54) is 15.7 Å². The minimum Gasteiger partial charge on any atom is -0.491 e. The van der Waals surface area contributed by atoms with Crippen LogP contribution in [0.25, 0.3) is 17.0 Å². The van der Waals surface area contributed by atoms with Crippen molar-refractivity contribution in [1.82, 2.24) is 15.0 Å². The number of para-hydroxylation sites is 1. The van der Waals surface area contributed by atoms with Crippen LogP contribution in [-0.2, 0) is 14.3 Å². The van der Waals surface area contributed by atoms with Gasteiger partial charge in [0.15, 0.2) is 0 Å². The van der Waals surface area contributed by atoms with Gasteiger partial charge in [-0.3, -0.25) is 19.6 Å². The number of hydrazine groups is 1. The van der Waals surface area contributed by atoms with Crippen molar-refractivity contribution in [2.45, 2.75) is 53.2 Å². The van der Waals surface area contributed by atoms with E-state index >= 15 is 0 Å². The van der Waals surface area contributed by atoms with Crippen LogP contribution >= 0.6 is 0 Å². The highest BCUT2D eigenvalue weighted by Gasteiger charge is 2.21. The highest BCUT2D eigenvalue weighted by atomic mass is 16.6. The summed E-state index contributed by atoms with van der Waals surface area (Å²) in [6.07, 6.45) is 4.13. The van der Waals surface area contributed by atoms with Gasteiger partial charge in [-0.25, -0.2) is 9.80 Å². The molecule has 2 amide bonds. The molecule has 1 aromatic heterocycles. The predicted octanol–water partition coefficient (Wildman–Crippen LogP) is 5.44. The van der Waals surface area contributed by atoms with Gasteiger partial charge < -0.3 is 14.2 Å². The number of benzene rings is 2. The molecular weight excluding hydrogens is 498 g/mol. The first-order chi connectivity index (χ1) is 18.5. The van der Waals surface area contributed by atoms with Crippen molar-refractivity contribution in [3.8, 4) is 5.75 Å². The largest absolute Gasteiger partial charge is 0.491 e. The van der Waals surface area contributed by atoms with Crippen molar-refractivity contribution in [2.75, 3.05) is 19.8 Å². The summed E-state index contributed by atoms with van der Waals surface area (Å²) < 4.78 is 17.8. The van der Waals surface area contributed by atoms with Gasteiger partial charge in [0.1, 0.15) is 18.0 Å². The number of amides is 2. The topological polar surface area (TPSA) is 99.1 Å². The van der Waals surface area contributed by atoms with Crippen LogP contribution in [-0.4, -0.2) is 58.9 Å². The van der Waals surface area contributed by atoms with E-state index in [-0.39, 0.29) is 6.04 Å². The van der Waals surface area contributed by atoms with Crippen molar-refractivity contribution in [1.29, 1.82) is 0 Å². The Bertz CT molecular complexity index is 1320. The monoisotopic (exact) mass is 535 g/mol. The minimum absolute atomic E-state index is 0.310. The third kappa shape index (κ3) is 8.19. The summed E-state index contributed by atoms with van der Waals surface area (Å²) in [5.74, 6) is -0.215. The van der Waals surface area contributed by atoms with Gasteiger partial charge in [-0.1, -0.05) is 18.2 Å². The van der Waals surface area contributed by atoms with Gasteiger partial charge in [0, 0.05) is 41.4 Å². The SMILES string of the molecule is CCOCCOc1ccc(C(=O)NN(C(=O)/C=C/c2cn(C(=O)OC(C)(C)C)c3ccccc23)C(C)C)cc1. The van der Waals surface area contributed by atoms with E-state index in [4.69, 9.17) is 14.2 Å². The third-order valence-corrected chi connectivity index (χ3v) is 5.53. The molecule has 3 aromatic rings. The molecule has 1 heterocycles. The molecule has 0 saturated heterocycles. The molecule has 0 bridgehead atoms. The van der Waals surface area contributed by atoms with Crippen molar-refractivity contribution in [2.24, 2.45) is 0 Å². The molecule has 0 unspecified atom stereocenters. The zero-order valence-corrected chi connectivity index (χ0v) is 23.4. The summed E-state index contributed by atoms with van der Waals surface area (Å²) in [7, 11) is 0. The van der Waals surface area contributed by atoms with Gasteiger partial charge in [0.2, 0.25) is 0 Å². The number of ether oxygens (including phenoxy) is 3. The van der Waals surface area contributed by atoms with Gasteiger partial charge in [-0.2, -0.15) is 0 Å². The molecule has 2 aromatic carbocycles. The number of nitrogens with zero attached hydrogens (tertiary/aromatic N) is 2.